The third-order valence-corrected chi connectivity index (χ3v) is 4.66. The highest BCUT2D eigenvalue weighted by molar-refractivity contribution is 8.00. The van der Waals surface area contributed by atoms with Crippen molar-refractivity contribution in [1.82, 2.24) is 4.98 Å². The Bertz CT molecular complexity index is 775. The predicted molar refractivity (Wildman–Crippen MR) is 87.4 cm³/mol. The maximum atomic E-state index is 11.0. The molecule has 4 nitrogen and oxygen atoms in total. The fourth-order valence-electron chi connectivity index (χ4n) is 1.65. The van der Waals surface area contributed by atoms with E-state index in [0.29, 0.717) is 26.3 Å². The van der Waals surface area contributed by atoms with Crippen molar-refractivity contribution < 1.29 is 9.90 Å². The lowest BCUT2D eigenvalue weighted by atomic mass is 10.1. The average molecular weight is 353 g/mol. The van der Waals surface area contributed by atoms with Crippen molar-refractivity contribution in [3.05, 3.63) is 45.9 Å². The fourth-order valence-corrected chi connectivity index (χ4v) is 2.77. The van der Waals surface area contributed by atoms with Gasteiger partial charge in [0, 0.05) is 5.56 Å². The van der Waals surface area contributed by atoms with Gasteiger partial charge in [0.05, 0.1) is 21.3 Å². The number of rotatable bonds is 4. The number of hydrogen-bond donors (Lipinski definition) is 1. The van der Waals surface area contributed by atoms with Crippen molar-refractivity contribution in [2.75, 3.05) is 0 Å². The molecule has 1 aromatic carbocycles. The van der Waals surface area contributed by atoms with Gasteiger partial charge in [-0.2, -0.15) is 5.26 Å². The molecule has 22 heavy (non-hydrogen) atoms. The van der Waals surface area contributed by atoms with Crippen LogP contribution in [0.25, 0.3) is 11.3 Å². The normalized spacial score (nSPS) is 11.7. The third-order valence-electron chi connectivity index (χ3n) is 2.83. The van der Waals surface area contributed by atoms with E-state index in [1.807, 2.05) is 6.07 Å². The molecule has 0 aliphatic heterocycles. The monoisotopic (exact) mass is 352 g/mol. The largest absolute Gasteiger partial charge is 0.480 e. The number of nitrogens with zero attached hydrogens (tertiary/aromatic N) is 2. The SMILES string of the molecule is CC(Sc1nc(-c2ccc(Cl)c(Cl)c2)ccc1C#N)C(=O)O. The van der Waals surface area contributed by atoms with Crippen LogP contribution >= 0.6 is 35.0 Å². The van der Waals surface area contributed by atoms with Crippen LogP contribution in [0.3, 0.4) is 0 Å². The van der Waals surface area contributed by atoms with Crippen LogP contribution in [-0.2, 0) is 4.79 Å². The van der Waals surface area contributed by atoms with E-state index in [1.165, 1.54) is 0 Å². The Morgan fingerprint density at radius 1 is 1.32 bits per heavy atom. The highest BCUT2D eigenvalue weighted by Crippen LogP contribution is 2.31. The van der Waals surface area contributed by atoms with Crippen LogP contribution in [0.2, 0.25) is 10.0 Å². The van der Waals surface area contributed by atoms with Gasteiger partial charge in [0.25, 0.3) is 0 Å². The summed E-state index contributed by atoms with van der Waals surface area (Å²) in [5.74, 6) is -0.962. The predicted octanol–water partition coefficient (Wildman–Crippen LogP) is 4.49. The molecule has 7 heteroatoms. The molecule has 2 aromatic rings. The van der Waals surface area contributed by atoms with E-state index in [-0.39, 0.29) is 0 Å². The van der Waals surface area contributed by atoms with Crippen LogP contribution in [0.1, 0.15) is 12.5 Å². The van der Waals surface area contributed by atoms with Crippen molar-refractivity contribution in [3.8, 4) is 17.3 Å². The summed E-state index contributed by atoms with van der Waals surface area (Å²) in [6, 6.07) is 10.4. The molecule has 0 spiro atoms. The molecule has 0 bridgehead atoms. The molecular formula is C15H10Cl2N2O2S. The summed E-state index contributed by atoms with van der Waals surface area (Å²) < 4.78 is 0. The highest BCUT2D eigenvalue weighted by Gasteiger charge is 2.17. The molecular weight excluding hydrogens is 343 g/mol. The molecule has 0 fully saturated rings. The van der Waals surface area contributed by atoms with E-state index in [2.05, 4.69) is 4.98 Å². The number of thioether (sulfide) groups is 1. The Morgan fingerprint density at radius 2 is 2.05 bits per heavy atom. The molecule has 0 aliphatic carbocycles. The van der Waals surface area contributed by atoms with Gasteiger partial charge in [-0.15, -0.1) is 0 Å². The summed E-state index contributed by atoms with van der Waals surface area (Å²) in [5, 5.41) is 18.6. The second kappa shape index (κ2) is 7.01. The molecule has 1 N–H and O–H groups in total. The Hall–Kier alpha value is -1.74. The van der Waals surface area contributed by atoms with Crippen LogP contribution < -0.4 is 0 Å². The van der Waals surface area contributed by atoms with E-state index in [4.69, 9.17) is 33.6 Å². The molecule has 0 radical (unpaired) electrons. The van der Waals surface area contributed by atoms with Crippen LogP contribution in [-0.4, -0.2) is 21.3 Å². The molecule has 0 saturated carbocycles. The molecule has 1 heterocycles. The number of benzene rings is 1. The Balaban J connectivity index is 2.44. The van der Waals surface area contributed by atoms with E-state index in [9.17, 15) is 4.79 Å². The number of aromatic nitrogens is 1. The standard InChI is InChI=1S/C15H10Cl2N2O2S/c1-8(15(20)21)22-14-10(7-18)3-5-13(19-14)9-2-4-11(16)12(17)6-9/h2-6,8H,1H3,(H,20,21). The van der Waals surface area contributed by atoms with Crippen LogP contribution in [0.15, 0.2) is 35.4 Å². The minimum atomic E-state index is -0.962. The van der Waals surface area contributed by atoms with E-state index in [0.717, 1.165) is 17.3 Å². The lowest BCUT2D eigenvalue weighted by Gasteiger charge is -2.09. The third kappa shape index (κ3) is 3.72. The number of nitriles is 1. The van der Waals surface area contributed by atoms with Gasteiger partial charge in [-0.1, -0.05) is 41.0 Å². The van der Waals surface area contributed by atoms with Gasteiger partial charge in [-0.25, -0.2) is 4.98 Å². The summed E-state index contributed by atoms with van der Waals surface area (Å²) in [6.45, 7) is 1.54. The summed E-state index contributed by atoms with van der Waals surface area (Å²) in [4.78, 5) is 15.4. The van der Waals surface area contributed by atoms with Gasteiger partial charge in [0.2, 0.25) is 0 Å². The van der Waals surface area contributed by atoms with Gasteiger partial charge < -0.3 is 5.11 Å². The first kappa shape index (κ1) is 16.6. The van der Waals surface area contributed by atoms with Gasteiger partial charge in [0.15, 0.2) is 0 Å². The molecule has 0 amide bonds. The number of carboxylic acids is 1. The molecule has 1 aromatic heterocycles. The first-order valence-corrected chi connectivity index (χ1v) is 7.82. The zero-order valence-corrected chi connectivity index (χ0v) is 13.7. The van der Waals surface area contributed by atoms with Gasteiger partial charge in [0.1, 0.15) is 16.3 Å². The Labute approximate surface area is 141 Å². The smallest absolute Gasteiger partial charge is 0.316 e. The van der Waals surface area contributed by atoms with Crippen molar-refractivity contribution >= 4 is 40.9 Å². The van der Waals surface area contributed by atoms with E-state index >= 15 is 0 Å². The molecule has 1 atom stereocenters. The van der Waals surface area contributed by atoms with Crippen molar-refractivity contribution in [1.29, 1.82) is 5.26 Å². The summed E-state index contributed by atoms with van der Waals surface area (Å²) in [7, 11) is 0. The zero-order chi connectivity index (χ0) is 16.3. The highest BCUT2D eigenvalue weighted by atomic mass is 35.5. The molecule has 0 aliphatic rings. The van der Waals surface area contributed by atoms with Gasteiger partial charge in [-0.05, 0) is 31.2 Å². The average Bonchev–Trinajstić information content (AvgIpc) is 2.49. The topological polar surface area (TPSA) is 74.0 Å². The molecule has 2 rings (SSSR count). The first-order chi connectivity index (χ1) is 10.4. The second-order valence-corrected chi connectivity index (χ2v) is 6.53. The van der Waals surface area contributed by atoms with Crippen molar-refractivity contribution in [2.24, 2.45) is 0 Å². The number of hydrogen-bond acceptors (Lipinski definition) is 4. The number of carbonyl (C=O) groups is 1. The maximum Gasteiger partial charge on any atom is 0.316 e. The number of aliphatic carboxylic acids is 1. The van der Waals surface area contributed by atoms with Crippen LogP contribution in [0, 0.1) is 11.3 Å². The lowest BCUT2D eigenvalue weighted by Crippen LogP contribution is -2.12. The van der Waals surface area contributed by atoms with Crippen molar-refractivity contribution in [2.45, 2.75) is 17.2 Å². The minimum Gasteiger partial charge on any atom is -0.480 e. The second-order valence-electron chi connectivity index (χ2n) is 4.39. The molecule has 0 saturated heterocycles. The van der Waals surface area contributed by atoms with Crippen LogP contribution in [0.5, 0.6) is 0 Å². The maximum absolute atomic E-state index is 11.0. The Morgan fingerprint density at radius 3 is 2.64 bits per heavy atom. The summed E-state index contributed by atoms with van der Waals surface area (Å²) in [5.41, 5.74) is 1.67. The van der Waals surface area contributed by atoms with Crippen LogP contribution in [0.4, 0.5) is 0 Å². The lowest BCUT2D eigenvalue weighted by molar-refractivity contribution is -0.136. The fraction of sp³-hybridized carbons (Fsp3) is 0.133. The Kier molecular flexibility index (Phi) is 5.30. The van der Waals surface area contributed by atoms with E-state index < -0.39 is 11.2 Å². The zero-order valence-electron chi connectivity index (χ0n) is 11.4. The molecule has 1 unspecified atom stereocenters. The summed E-state index contributed by atoms with van der Waals surface area (Å²) >= 11 is 12.9. The number of pyridine rings is 1. The van der Waals surface area contributed by atoms with Gasteiger partial charge >= 0.3 is 5.97 Å². The first-order valence-electron chi connectivity index (χ1n) is 6.18. The van der Waals surface area contributed by atoms with E-state index in [1.54, 1.807) is 37.3 Å². The number of halogens is 2. The number of carboxylic acid groups (broad SMARTS) is 1. The van der Waals surface area contributed by atoms with Crippen molar-refractivity contribution in [3.63, 3.8) is 0 Å². The summed E-state index contributed by atoms with van der Waals surface area (Å²) in [6.07, 6.45) is 0. The van der Waals surface area contributed by atoms with Gasteiger partial charge in [-0.3, -0.25) is 4.79 Å². The minimum absolute atomic E-state index is 0.335. The molecule has 112 valence electrons. The quantitative estimate of drug-likeness (QED) is 0.820.